The van der Waals surface area contributed by atoms with Gasteiger partial charge in [0, 0.05) is 13.1 Å². The van der Waals surface area contributed by atoms with Gasteiger partial charge in [0.15, 0.2) is 0 Å². The van der Waals surface area contributed by atoms with Crippen molar-refractivity contribution in [2.75, 3.05) is 29.8 Å². The fourth-order valence-electron chi connectivity index (χ4n) is 1.81. The highest BCUT2D eigenvalue weighted by atomic mass is 32.2. The van der Waals surface area contributed by atoms with Gasteiger partial charge in [-0.25, -0.2) is 8.42 Å². The van der Waals surface area contributed by atoms with Crippen molar-refractivity contribution in [3.8, 4) is 5.75 Å². The minimum atomic E-state index is -3.10. The van der Waals surface area contributed by atoms with Crippen molar-refractivity contribution in [1.29, 1.82) is 0 Å². The molecule has 1 heterocycles. The van der Waals surface area contributed by atoms with Crippen LogP contribution in [0.1, 0.15) is 6.42 Å². The van der Waals surface area contributed by atoms with Gasteiger partial charge in [-0.2, -0.15) is 0 Å². The molecule has 5 nitrogen and oxygen atoms in total. The zero-order chi connectivity index (χ0) is 12.3. The third-order valence-corrected chi connectivity index (χ3v) is 4.48. The first-order chi connectivity index (χ1) is 8.13. The van der Waals surface area contributed by atoms with Crippen LogP contribution < -0.4 is 14.8 Å². The summed E-state index contributed by atoms with van der Waals surface area (Å²) in [6.07, 6.45) is 0.688. The van der Waals surface area contributed by atoms with Crippen molar-refractivity contribution in [2.45, 2.75) is 6.42 Å². The van der Waals surface area contributed by atoms with Crippen LogP contribution in [0.3, 0.4) is 0 Å². The Labute approximate surface area is 101 Å². The second kappa shape index (κ2) is 4.93. The topological polar surface area (TPSA) is 72.6 Å². The van der Waals surface area contributed by atoms with Crippen LogP contribution in [-0.4, -0.2) is 33.9 Å². The highest BCUT2D eigenvalue weighted by molar-refractivity contribution is 7.93. The second-order valence-corrected chi connectivity index (χ2v) is 5.89. The van der Waals surface area contributed by atoms with Crippen molar-refractivity contribution in [3.05, 3.63) is 24.3 Å². The van der Waals surface area contributed by atoms with E-state index >= 15 is 0 Å². The molecular formula is C11H16N2O3S. The van der Waals surface area contributed by atoms with Gasteiger partial charge in [0.2, 0.25) is 10.0 Å². The quantitative estimate of drug-likeness (QED) is 0.854. The third-order valence-electron chi connectivity index (χ3n) is 2.61. The van der Waals surface area contributed by atoms with E-state index in [1.807, 2.05) is 0 Å². The fraction of sp³-hybridized carbons (Fsp3) is 0.455. The van der Waals surface area contributed by atoms with Gasteiger partial charge in [0.1, 0.15) is 12.4 Å². The van der Waals surface area contributed by atoms with E-state index in [9.17, 15) is 8.42 Å². The number of benzene rings is 1. The van der Waals surface area contributed by atoms with Crippen molar-refractivity contribution >= 4 is 15.7 Å². The Morgan fingerprint density at radius 1 is 1.29 bits per heavy atom. The van der Waals surface area contributed by atoms with Crippen LogP contribution >= 0.6 is 0 Å². The van der Waals surface area contributed by atoms with E-state index in [1.54, 1.807) is 24.3 Å². The highest BCUT2D eigenvalue weighted by Gasteiger charge is 2.28. The molecule has 6 heteroatoms. The smallest absolute Gasteiger partial charge is 0.235 e. The van der Waals surface area contributed by atoms with Crippen molar-refractivity contribution in [1.82, 2.24) is 0 Å². The molecule has 1 aromatic carbocycles. The lowest BCUT2D eigenvalue weighted by Gasteiger charge is -2.17. The maximum atomic E-state index is 11.7. The Balaban J connectivity index is 2.13. The summed E-state index contributed by atoms with van der Waals surface area (Å²) < 4.78 is 30.2. The monoisotopic (exact) mass is 256 g/mol. The van der Waals surface area contributed by atoms with E-state index in [0.717, 1.165) is 0 Å². The first-order valence-corrected chi connectivity index (χ1v) is 7.18. The lowest BCUT2D eigenvalue weighted by atomic mass is 10.3. The van der Waals surface area contributed by atoms with Gasteiger partial charge in [-0.1, -0.05) is 0 Å². The van der Waals surface area contributed by atoms with E-state index in [4.69, 9.17) is 10.5 Å². The Bertz CT molecular complexity index is 470. The number of ether oxygens (including phenoxy) is 1. The molecule has 0 bridgehead atoms. The Kier molecular flexibility index (Phi) is 3.54. The molecule has 0 amide bonds. The molecule has 1 aliphatic heterocycles. The summed E-state index contributed by atoms with van der Waals surface area (Å²) in [7, 11) is -3.10. The molecule has 0 aromatic heterocycles. The van der Waals surface area contributed by atoms with E-state index < -0.39 is 10.0 Å². The average Bonchev–Trinajstić information content (AvgIpc) is 2.67. The van der Waals surface area contributed by atoms with Gasteiger partial charge in [-0.3, -0.25) is 4.31 Å². The highest BCUT2D eigenvalue weighted by Crippen LogP contribution is 2.25. The molecule has 1 fully saturated rings. The first-order valence-electron chi connectivity index (χ1n) is 5.57. The molecule has 17 heavy (non-hydrogen) atoms. The van der Waals surface area contributed by atoms with Gasteiger partial charge in [-0.15, -0.1) is 0 Å². The van der Waals surface area contributed by atoms with Crippen LogP contribution in [0.4, 0.5) is 5.69 Å². The van der Waals surface area contributed by atoms with E-state index in [1.165, 1.54) is 4.31 Å². The second-order valence-electron chi connectivity index (χ2n) is 3.87. The summed E-state index contributed by atoms with van der Waals surface area (Å²) >= 11 is 0. The van der Waals surface area contributed by atoms with Crippen molar-refractivity contribution in [3.63, 3.8) is 0 Å². The lowest BCUT2D eigenvalue weighted by molar-refractivity contribution is 0.328. The summed E-state index contributed by atoms with van der Waals surface area (Å²) in [5, 5.41) is 0. The Morgan fingerprint density at radius 3 is 2.53 bits per heavy atom. The average molecular weight is 256 g/mol. The van der Waals surface area contributed by atoms with Crippen molar-refractivity contribution in [2.24, 2.45) is 5.73 Å². The summed E-state index contributed by atoms with van der Waals surface area (Å²) in [4.78, 5) is 0. The molecule has 94 valence electrons. The molecule has 1 saturated heterocycles. The predicted molar refractivity (Wildman–Crippen MR) is 66.7 cm³/mol. The summed E-state index contributed by atoms with van der Waals surface area (Å²) in [6, 6.07) is 7.04. The SMILES string of the molecule is NCCOc1ccc(N2CCCS2(=O)=O)cc1. The molecule has 0 aliphatic carbocycles. The molecule has 0 saturated carbocycles. The lowest BCUT2D eigenvalue weighted by Crippen LogP contribution is -2.24. The Hall–Kier alpha value is -1.27. The van der Waals surface area contributed by atoms with Gasteiger partial charge >= 0.3 is 0 Å². The molecule has 0 radical (unpaired) electrons. The maximum absolute atomic E-state index is 11.7. The molecular weight excluding hydrogens is 240 g/mol. The summed E-state index contributed by atoms with van der Waals surface area (Å²) in [6.45, 7) is 1.48. The molecule has 1 aromatic rings. The standard InChI is InChI=1S/C11H16N2O3S/c12-6-8-16-11-4-2-10(3-5-11)13-7-1-9-17(13,14)15/h2-5H,1,6-9,12H2. The van der Waals surface area contributed by atoms with E-state index in [2.05, 4.69) is 0 Å². The Morgan fingerprint density at radius 2 is 2.00 bits per heavy atom. The minimum absolute atomic E-state index is 0.235. The molecule has 1 aliphatic rings. The summed E-state index contributed by atoms with van der Waals surface area (Å²) in [5.74, 6) is 0.939. The zero-order valence-corrected chi connectivity index (χ0v) is 10.3. The summed E-state index contributed by atoms with van der Waals surface area (Å²) in [5.41, 5.74) is 6.03. The van der Waals surface area contributed by atoms with Crippen LogP contribution in [-0.2, 0) is 10.0 Å². The third kappa shape index (κ3) is 2.70. The molecule has 0 atom stereocenters. The number of sulfonamides is 1. The van der Waals surface area contributed by atoms with Crippen LogP contribution in [0.15, 0.2) is 24.3 Å². The van der Waals surface area contributed by atoms with Gasteiger partial charge in [-0.05, 0) is 30.7 Å². The zero-order valence-electron chi connectivity index (χ0n) is 9.50. The van der Waals surface area contributed by atoms with Crippen LogP contribution in [0.2, 0.25) is 0 Å². The predicted octanol–water partition coefficient (Wildman–Crippen LogP) is 0.564. The number of hydrogen-bond donors (Lipinski definition) is 1. The molecule has 0 spiro atoms. The number of nitrogens with zero attached hydrogens (tertiary/aromatic N) is 1. The molecule has 0 unspecified atom stereocenters. The maximum Gasteiger partial charge on any atom is 0.235 e. The molecule has 2 rings (SSSR count). The number of rotatable bonds is 4. The van der Waals surface area contributed by atoms with Gasteiger partial charge < -0.3 is 10.5 Å². The first kappa shape index (κ1) is 12.2. The fourth-order valence-corrected chi connectivity index (χ4v) is 3.38. The van der Waals surface area contributed by atoms with Gasteiger partial charge in [0.05, 0.1) is 11.4 Å². The minimum Gasteiger partial charge on any atom is -0.492 e. The van der Waals surface area contributed by atoms with E-state index in [-0.39, 0.29) is 5.75 Å². The number of hydrogen-bond acceptors (Lipinski definition) is 4. The van der Waals surface area contributed by atoms with E-state index in [0.29, 0.717) is 37.6 Å². The van der Waals surface area contributed by atoms with Gasteiger partial charge in [0.25, 0.3) is 0 Å². The van der Waals surface area contributed by atoms with Crippen LogP contribution in [0.25, 0.3) is 0 Å². The van der Waals surface area contributed by atoms with Crippen LogP contribution in [0.5, 0.6) is 5.75 Å². The number of anilines is 1. The van der Waals surface area contributed by atoms with Crippen LogP contribution in [0, 0.1) is 0 Å². The van der Waals surface area contributed by atoms with Crippen molar-refractivity contribution < 1.29 is 13.2 Å². The largest absolute Gasteiger partial charge is 0.492 e. The molecule has 2 N–H and O–H groups in total. The number of nitrogens with two attached hydrogens (primary N) is 1. The normalized spacial score (nSPS) is 18.3.